The Bertz CT molecular complexity index is 5550. The number of aromatic nitrogens is 9. The molecule has 105 heavy (non-hydrogen) atoms. The highest BCUT2D eigenvalue weighted by atomic mass is 16.2. The zero-order valence-electron chi connectivity index (χ0n) is 60.2. The van der Waals surface area contributed by atoms with Crippen molar-refractivity contribution in [3.05, 3.63) is 262 Å². The van der Waals surface area contributed by atoms with Crippen LogP contribution in [0.25, 0.3) is 50.2 Å². The highest BCUT2D eigenvalue weighted by Gasteiger charge is 2.24. The number of nitrogens with two attached hydrogens (primary N) is 1. The number of aryl methyl sites for hydroxylation is 6. The Hall–Kier alpha value is -12.1. The van der Waals surface area contributed by atoms with Gasteiger partial charge in [0.15, 0.2) is 16.9 Å². The van der Waals surface area contributed by atoms with E-state index in [0.717, 1.165) is 128 Å². The summed E-state index contributed by atoms with van der Waals surface area (Å²) >= 11 is 0. The summed E-state index contributed by atoms with van der Waals surface area (Å²) in [4.78, 5) is 110. The summed E-state index contributed by atoms with van der Waals surface area (Å²) in [5.41, 5.74) is 22.1. The zero-order valence-corrected chi connectivity index (χ0v) is 60.2. The molecule has 0 unspecified atom stereocenters. The van der Waals surface area contributed by atoms with Crippen molar-refractivity contribution in [2.24, 2.45) is 5.73 Å². The van der Waals surface area contributed by atoms with E-state index in [1.807, 2.05) is 119 Å². The first-order valence-corrected chi connectivity index (χ1v) is 35.2. The van der Waals surface area contributed by atoms with Crippen molar-refractivity contribution in [3.63, 3.8) is 0 Å². The molecule has 6 aromatic heterocycles. The fourth-order valence-electron chi connectivity index (χ4n) is 13.8. The molecule has 6 heterocycles. The molecule has 0 radical (unpaired) electrons. The van der Waals surface area contributed by atoms with Crippen LogP contribution in [0.1, 0.15) is 107 Å². The number of benzene rings is 6. The minimum Gasteiger partial charge on any atom is -0.365 e. The molecule has 24 heteroatoms. The van der Waals surface area contributed by atoms with Gasteiger partial charge < -0.3 is 60.7 Å². The Balaban J connectivity index is 0.000000140. The number of carbonyl (C=O) groups excluding carboxylic acids is 3. The van der Waals surface area contributed by atoms with Gasteiger partial charge in [-0.05, 0) is 230 Å². The fraction of sp³-hybridized carbons (Fsp3) is 0.259. The normalized spacial score (nSPS) is 12.7. The van der Waals surface area contributed by atoms with Gasteiger partial charge in [-0.25, -0.2) is 15.0 Å². The Morgan fingerprint density at radius 2 is 0.752 bits per heavy atom. The predicted molar refractivity (Wildman–Crippen MR) is 413 cm³/mol. The minimum atomic E-state index is -0.776. The predicted octanol–water partition coefficient (Wildman–Crippen LogP) is 10.4. The molecule has 0 saturated heterocycles. The summed E-state index contributed by atoms with van der Waals surface area (Å²) in [7, 11) is 13.7. The van der Waals surface area contributed by atoms with Crippen LogP contribution in [0.4, 0.5) is 34.9 Å². The van der Waals surface area contributed by atoms with Crippen LogP contribution in [-0.4, -0.2) is 132 Å². The third-order valence-electron chi connectivity index (χ3n) is 18.7. The van der Waals surface area contributed by atoms with Crippen LogP contribution in [-0.2, 0) is 58.2 Å². The topological polar surface area (TPSA) is 290 Å². The number of amides is 3. The molecule has 3 aliphatic rings. The fourth-order valence-corrected chi connectivity index (χ4v) is 13.8. The molecule has 3 amide bonds. The van der Waals surface area contributed by atoms with E-state index >= 15 is 0 Å². The largest absolute Gasteiger partial charge is 0.365 e. The smallest absolute Gasteiger partial charge is 0.256 e. The molecule has 7 N–H and O–H groups in total. The van der Waals surface area contributed by atoms with Gasteiger partial charge in [0, 0.05) is 105 Å². The lowest BCUT2D eigenvalue weighted by Gasteiger charge is -2.15. The number of pyridine rings is 3. The van der Waals surface area contributed by atoms with E-state index in [1.54, 1.807) is 17.0 Å². The Morgan fingerprint density at radius 3 is 1.08 bits per heavy atom. The van der Waals surface area contributed by atoms with E-state index in [4.69, 9.17) is 15.7 Å². The zero-order chi connectivity index (χ0) is 73.6. The molecule has 12 aromatic rings. The van der Waals surface area contributed by atoms with E-state index in [0.29, 0.717) is 52.1 Å². The molecule has 15 rings (SSSR count). The highest BCUT2D eigenvalue weighted by molar-refractivity contribution is 5.99. The molecule has 0 fully saturated rings. The van der Waals surface area contributed by atoms with E-state index in [-0.39, 0.29) is 27.5 Å². The van der Waals surface area contributed by atoms with Crippen molar-refractivity contribution < 1.29 is 14.4 Å². The summed E-state index contributed by atoms with van der Waals surface area (Å²) in [6.45, 7) is 4.69. The lowest BCUT2D eigenvalue weighted by atomic mass is 10.1. The van der Waals surface area contributed by atoms with Crippen LogP contribution in [0.15, 0.2) is 179 Å². The van der Waals surface area contributed by atoms with Crippen LogP contribution in [0.5, 0.6) is 0 Å². The van der Waals surface area contributed by atoms with Crippen molar-refractivity contribution in [2.75, 3.05) is 71.8 Å². The van der Waals surface area contributed by atoms with Crippen LogP contribution >= 0.6 is 0 Å². The van der Waals surface area contributed by atoms with Crippen molar-refractivity contribution in [1.29, 1.82) is 0 Å². The van der Waals surface area contributed by atoms with Crippen LogP contribution in [0, 0.1) is 0 Å². The number of rotatable bonds is 19. The second-order valence-corrected chi connectivity index (χ2v) is 27.4. The quantitative estimate of drug-likeness (QED) is 0.0439. The van der Waals surface area contributed by atoms with Crippen molar-refractivity contribution in [3.8, 4) is 17.1 Å². The van der Waals surface area contributed by atoms with E-state index in [2.05, 4.69) is 128 Å². The Kier molecular flexibility index (Phi) is 21.2. The van der Waals surface area contributed by atoms with E-state index in [9.17, 15) is 28.8 Å². The number of hydrogen-bond acceptors (Lipinski definition) is 18. The highest BCUT2D eigenvalue weighted by Crippen LogP contribution is 2.31. The molecule has 0 saturated carbocycles. The molecule has 0 spiro atoms. The monoisotopic (exact) mass is 1400 g/mol. The van der Waals surface area contributed by atoms with Gasteiger partial charge in [0.1, 0.15) is 16.7 Å². The standard InChI is InChI=1S/C28H30N6O2.C27H28N6O2.C26H26N6O2/c1-4-29-27(36)24-17-34(22-12-11-19-8-6-9-20(19)14-22)26-23(25(24)35)15-30-28(32-26)31-21-10-5-7-18(13-21)16-33(2)3;1-28-26(35)23-16-33(21-11-10-18-7-5-8-19(18)13-21)25-22(24(23)34)14-29-27(31-25)30-20-9-4-6-17(12-20)15-32(2)3;1-31(2)14-16-5-3-8-19(11-16)29-26-28-13-21-23(33)22(24(27)34)15-32(25(21)30-26)20-10-9-17-6-4-7-18(17)12-20/h5,7,10-15,17H,4,6,8-9,16H2,1-3H3,(H,29,36)(H,30,31,32);4,6,9-14,16H,5,7-8,15H2,1-3H3,(H,28,35)(H,29,30,31);3,5,8-13,15H,4,6-7,14H2,1-2H3,(H2,27,34)(H,28,29,30). The molecule has 3 aliphatic carbocycles. The van der Waals surface area contributed by atoms with E-state index < -0.39 is 28.6 Å². The maximum atomic E-state index is 13.3. The molecule has 534 valence electrons. The molecular weight excluding hydrogens is 1320 g/mol. The maximum Gasteiger partial charge on any atom is 0.256 e. The molecule has 0 atom stereocenters. The Labute approximate surface area is 607 Å². The summed E-state index contributed by atoms with van der Waals surface area (Å²) in [6.07, 6.45) is 18.8. The molecule has 24 nitrogen and oxygen atoms in total. The maximum absolute atomic E-state index is 13.3. The SMILES string of the molecule is CCNC(=O)c1cn(-c2ccc3c(c2)CCC3)c2nc(Nc3cccc(CN(C)C)c3)ncc2c1=O.CN(C)Cc1cccc(Nc2ncc3c(=O)c(C(N)=O)cn(-c4ccc5c(c4)CCC5)c3n2)c1.CNC(=O)c1cn(-c2ccc3c(c2)CCC3)c2nc(Nc3cccc(CN(C)C)c3)ncc2c1=O. The lowest BCUT2D eigenvalue weighted by Crippen LogP contribution is -2.29. The Morgan fingerprint density at radius 1 is 0.429 bits per heavy atom. The molecule has 0 bridgehead atoms. The first-order chi connectivity index (χ1) is 50.7. The van der Waals surface area contributed by atoms with Gasteiger partial charge in [-0.15, -0.1) is 0 Å². The lowest BCUT2D eigenvalue weighted by molar-refractivity contribution is 0.0949. The van der Waals surface area contributed by atoms with Gasteiger partial charge in [0.25, 0.3) is 17.7 Å². The summed E-state index contributed by atoms with van der Waals surface area (Å²) in [5.74, 6) is -0.505. The van der Waals surface area contributed by atoms with Gasteiger partial charge in [-0.2, -0.15) is 15.0 Å². The van der Waals surface area contributed by atoms with Crippen LogP contribution in [0.2, 0.25) is 0 Å². The average Bonchev–Trinajstić information content (AvgIpc) is 1.40. The minimum absolute atomic E-state index is 0.0567. The number of nitrogens with one attached hydrogen (secondary N) is 5. The third kappa shape index (κ3) is 16.1. The van der Waals surface area contributed by atoms with Gasteiger partial charge in [0.2, 0.25) is 34.1 Å². The molecular formula is C81H84N18O6. The first kappa shape index (κ1) is 71.3. The van der Waals surface area contributed by atoms with Crippen LogP contribution in [0.3, 0.4) is 0 Å². The summed E-state index contributed by atoms with van der Waals surface area (Å²) in [5, 5.41) is 15.9. The average molecular weight is 1410 g/mol. The van der Waals surface area contributed by atoms with Crippen molar-refractivity contribution >= 4 is 85.7 Å². The van der Waals surface area contributed by atoms with Gasteiger partial charge >= 0.3 is 0 Å². The van der Waals surface area contributed by atoms with Crippen molar-refractivity contribution in [2.45, 2.75) is 84.3 Å². The summed E-state index contributed by atoms with van der Waals surface area (Å²) in [6, 6.07) is 42.9. The van der Waals surface area contributed by atoms with Gasteiger partial charge in [-0.3, -0.25) is 28.8 Å². The third-order valence-corrected chi connectivity index (χ3v) is 18.7. The first-order valence-electron chi connectivity index (χ1n) is 35.2. The number of primary amides is 1. The number of anilines is 6. The van der Waals surface area contributed by atoms with Crippen molar-refractivity contribution in [1.82, 2.24) is 68.9 Å². The van der Waals surface area contributed by atoms with E-state index in [1.165, 1.54) is 65.2 Å². The second kappa shape index (κ2) is 31.2. The number of carbonyl (C=O) groups is 3. The van der Waals surface area contributed by atoms with Gasteiger partial charge in [-0.1, -0.05) is 54.6 Å². The second-order valence-electron chi connectivity index (χ2n) is 27.4. The number of nitrogens with zero attached hydrogens (tertiary/aromatic N) is 12. The van der Waals surface area contributed by atoms with Crippen LogP contribution < -0.4 is 48.6 Å². The number of fused-ring (bicyclic) bond motifs is 6. The molecule has 0 aliphatic heterocycles. The van der Waals surface area contributed by atoms with Gasteiger partial charge in [0.05, 0.1) is 16.2 Å². The summed E-state index contributed by atoms with van der Waals surface area (Å²) < 4.78 is 5.40. The number of hydrogen-bond donors (Lipinski definition) is 6. The molecule has 6 aromatic carbocycles.